The van der Waals surface area contributed by atoms with E-state index in [1.54, 1.807) is 0 Å². The number of aryl methyl sites for hydroxylation is 1. The van der Waals surface area contributed by atoms with Crippen molar-refractivity contribution in [1.82, 2.24) is 0 Å². The lowest BCUT2D eigenvalue weighted by Crippen LogP contribution is -3.05. The van der Waals surface area contributed by atoms with Crippen LogP contribution in [0.5, 0.6) is 0 Å². The molecule has 0 saturated heterocycles. The van der Waals surface area contributed by atoms with Gasteiger partial charge in [-0.25, -0.2) is 4.39 Å². The zero-order valence-electron chi connectivity index (χ0n) is 14.5. The standard InChI is InChI=1S/C20H24FNO.ClH/c1-14-4-9-18-16(12-14)13-20(15-5-7-17(21)8-6-15)23-19(18)10-11-22(2)3;/h4-9,12,19-20H,10-11,13H2,1-3H3;1H. The summed E-state index contributed by atoms with van der Waals surface area (Å²) in [6.45, 7) is 3.19. The fourth-order valence-electron chi connectivity index (χ4n) is 3.26. The van der Waals surface area contributed by atoms with Gasteiger partial charge in [0.25, 0.3) is 0 Å². The lowest BCUT2D eigenvalue weighted by Gasteiger charge is -2.33. The van der Waals surface area contributed by atoms with Crippen LogP contribution >= 0.6 is 0 Å². The molecule has 1 N–H and O–H groups in total. The maximum Gasteiger partial charge on any atom is 0.123 e. The predicted octanol–water partition coefficient (Wildman–Crippen LogP) is 0.0278. The average Bonchev–Trinajstić information content (AvgIpc) is 2.52. The highest BCUT2D eigenvalue weighted by Gasteiger charge is 2.29. The smallest absolute Gasteiger partial charge is 0.123 e. The molecule has 130 valence electrons. The minimum absolute atomic E-state index is 0. The van der Waals surface area contributed by atoms with Crippen LogP contribution in [0.1, 0.15) is 40.9 Å². The van der Waals surface area contributed by atoms with Gasteiger partial charge in [0, 0.05) is 12.8 Å². The molecule has 0 aromatic heterocycles. The van der Waals surface area contributed by atoms with Crippen molar-refractivity contribution >= 4 is 0 Å². The molecular formula is C20H25ClFNO. The zero-order valence-corrected chi connectivity index (χ0v) is 15.2. The van der Waals surface area contributed by atoms with E-state index in [-0.39, 0.29) is 30.4 Å². The van der Waals surface area contributed by atoms with Crippen molar-refractivity contribution < 1.29 is 26.4 Å². The van der Waals surface area contributed by atoms with Crippen LogP contribution in [-0.2, 0) is 11.2 Å². The Hall–Kier alpha value is -1.42. The number of benzene rings is 2. The summed E-state index contributed by atoms with van der Waals surface area (Å²) in [5, 5.41) is 0. The zero-order chi connectivity index (χ0) is 16.4. The molecule has 0 radical (unpaired) electrons. The van der Waals surface area contributed by atoms with E-state index in [2.05, 4.69) is 39.2 Å². The molecule has 0 aliphatic carbocycles. The van der Waals surface area contributed by atoms with Crippen LogP contribution in [0.2, 0.25) is 0 Å². The summed E-state index contributed by atoms with van der Waals surface area (Å²) in [7, 11) is 4.33. The van der Waals surface area contributed by atoms with Crippen LogP contribution in [0.4, 0.5) is 4.39 Å². The Labute approximate surface area is 150 Å². The van der Waals surface area contributed by atoms with Crippen molar-refractivity contribution in [1.29, 1.82) is 0 Å². The molecule has 2 aromatic carbocycles. The first-order valence-corrected chi connectivity index (χ1v) is 8.32. The first-order valence-electron chi connectivity index (χ1n) is 8.32. The molecule has 0 bridgehead atoms. The molecule has 0 saturated carbocycles. The number of fused-ring (bicyclic) bond motifs is 1. The van der Waals surface area contributed by atoms with Crippen molar-refractivity contribution in [3.8, 4) is 0 Å². The topological polar surface area (TPSA) is 13.7 Å². The number of rotatable bonds is 4. The largest absolute Gasteiger partial charge is 1.00 e. The van der Waals surface area contributed by atoms with E-state index in [0.717, 1.165) is 24.9 Å². The van der Waals surface area contributed by atoms with Crippen molar-refractivity contribution in [2.45, 2.75) is 32.0 Å². The van der Waals surface area contributed by atoms with Crippen LogP contribution in [0.3, 0.4) is 0 Å². The normalized spacial score (nSPS) is 19.7. The van der Waals surface area contributed by atoms with Gasteiger partial charge in [-0.3, -0.25) is 0 Å². The summed E-state index contributed by atoms with van der Waals surface area (Å²) in [5.74, 6) is -0.200. The Balaban J connectivity index is 0.00000208. The summed E-state index contributed by atoms with van der Waals surface area (Å²) in [6, 6.07) is 13.4. The fourth-order valence-corrected chi connectivity index (χ4v) is 3.26. The van der Waals surface area contributed by atoms with Crippen molar-refractivity contribution in [3.63, 3.8) is 0 Å². The molecule has 1 aliphatic rings. The molecule has 2 unspecified atom stereocenters. The monoisotopic (exact) mass is 349 g/mol. The Bertz CT molecular complexity index is 672. The molecule has 2 aromatic rings. The lowest BCUT2D eigenvalue weighted by atomic mass is 9.89. The van der Waals surface area contributed by atoms with Gasteiger partial charge >= 0.3 is 0 Å². The second kappa shape index (κ2) is 8.11. The lowest BCUT2D eigenvalue weighted by molar-refractivity contribution is -0.859. The molecule has 0 fully saturated rings. The van der Waals surface area contributed by atoms with Crippen LogP contribution in [0, 0.1) is 12.7 Å². The van der Waals surface area contributed by atoms with Crippen LogP contribution in [0.25, 0.3) is 0 Å². The van der Waals surface area contributed by atoms with E-state index in [4.69, 9.17) is 4.74 Å². The Morgan fingerprint density at radius 2 is 1.83 bits per heavy atom. The van der Waals surface area contributed by atoms with Gasteiger partial charge < -0.3 is 22.0 Å². The van der Waals surface area contributed by atoms with E-state index in [1.807, 2.05) is 12.1 Å². The van der Waals surface area contributed by atoms with Crippen molar-refractivity contribution in [3.05, 3.63) is 70.5 Å². The Kier molecular flexibility index (Phi) is 6.39. The van der Waals surface area contributed by atoms with Crippen LogP contribution in [-0.4, -0.2) is 20.6 Å². The number of hydrogen-bond acceptors (Lipinski definition) is 1. The minimum atomic E-state index is -0.200. The second-order valence-electron chi connectivity index (χ2n) is 6.82. The van der Waals surface area contributed by atoms with E-state index >= 15 is 0 Å². The summed E-state index contributed by atoms with van der Waals surface area (Å²) in [5.41, 5.74) is 5.01. The van der Waals surface area contributed by atoms with Gasteiger partial charge in [-0.1, -0.05) is 35.9 Å². The number of nitrogens with one attached hydrogen (secondary N) is 1. The Morgan fingerprint density at radius 3 is 2.50 bits per heavy atom. The highest BCUT2D eigenvalue weighted by molar-refractivity contribution is 5.37. The second-order valence-corrected chi connectivity index (χ2v) is 6.82. The van der Waals surface area contributed by atoms with E-state index in [9.17, 15) is 4.39 Å². The number of quaternary nitrogens is 1. The van der Waals surface area contributed by atoms with Gasteiger partial charge in [0.1, 0.15) is 5.82 Å². The Morgan fingerprint density at radius 1 is 1.12 bits per heavy atom. The van der Waals surface area contributed by atoms with Gasteiger partial charge in [0.05, 0.1) is 32.8 Å². The van der Waals surface area contributed by atoms with Crippen LogP contribution in [0.15, 0.2) is 42.5 Å². The molecule has 2 atom stereocenters. The molecule has 0 spiro atoms. The number of hydrogen-bond donors (Lipinski definition) is 1. The van der Waals surface area contributed by atoms with Gasteiger partial charge in [0.15, 0.2) is 0 Å². The van der Waals surface area contributed by atoms with E-state index < -0.39 is 0 Å². The van der Waals surface area contributed by atoms with Crippen molar-refractivity contribution in [2.75, 3.05) is 20.6 Å². The molecule has 0 amide bonds. The molecule has 24 heavy (non-hydrogen) atoms. The molecule has 1 heterocycles. The van der Waals surface area contributed by atoms with Gasteiger partial charge in [-0.15, -0.1) is 0 Å². The van der Waals surface area contributed by atoms with Gasteiger partial charge in [0.2, 0.25) is 0 Å². The molecular weight excluding hydrogens is 325 g/mol. The third kappa shape index (κ3) is 4.35. The SMILES string of the molecule is Cc1ccc2c(c1)CC(c1ccc(F)cc1)OC2CC[NH+](C)C.[Cl-]. The third-order valence-electron chi connectivity index (χ3n) is 4.53. The van der Waals surface area contributed by atoms with Crippen LogP contribution < -0.4 is 17.3 Å². The summed E-state index contributed by atoms with van der Waals surface area (Å²) in [6.07, 6.45) is 1.97. The fraction of sp³-hybridized carbons (Fsp3) is 0.400. The van der Waals surface area contributed by atoms with Gasteiger partial charge in [-0.2, -0.15) is 0 Å². The maximum absolute atomic E-state index is 13.2. The van der Waals surface area contributed by atoms with E-state index in [1.165, 1.54) is 33.7 Å². The molecule has 3 rings (SSSR count). The average molecular weight is 350 g/mol. The maximum atomic E-state index is 13.2. The first-order chi connectivity index (χ1) is 11.0. The highest BCUT2D eigenvalue weighted by atomic mass is 35.5. The highest BCUT2D eigenvalue weighted by Crippen LogP contribution is 2.39. The van der Waals surface area contributed by atoms with Crippen molar-refractivity contribution in [2.24, 2.45) is 0 Å². The quantitative estimate of drug-likeness (QED) is 0.822. The summed E-state index contributed by atoms with van der Waals surface area (Å²) < 4.78 is 19.6. The van der Waals surface area contributed by atoms with E-state index in [0.29, 0.717) is 0 Å². The molecule has 1 aliphatic heterocycles. The molecule has 4 heteroatoms. The number of ether oxygens (including phenoxy) is 1. The summed E-state index contributed by atoms with van der Waals surface area (Å²) >= 11 is 0. The number of halogens is 2. The molecule has 2 nitrogen and oxygen atoms in total. The first kappa shape index (κ1) is 18.9. The third-order valence-corrected chi connectivity index (χ3v) is 4.53. The van der Waals surface area contributed by atoms with Gasteiger partial charge in [-0.05, 0) is 35.7 Å². The minimum Gasteiger partial charge on any atom is -1.00 e. The summed E-state index contributed by atoms with van der Waals surface area (Å²) in [4.78, 5) is 1.42. The predicted molar refractivity (Wildman–Crippen MR) is 90.1 cm³/mol.